The summed E-state index contributed by atoms with van der Waals surface area (Å²) >= 11 is 0. The largest absolute Gasteiger partial charge is 0.407 e. The maximum Gasteiger partial charge on any atom is 0.407 e. The lowest BCUT2D eigenvalue weighted by Gasteiger charge is -2.13. The van der Waals surface area contributed by atoms with E-state index in [0.717, 1.165) is 9.87 Å². The van der Waals surface area contributed by atoms with E-state index in [1.165, 1.54) is 19.2 Å². The first-order chi connectivity index (χ1) is 10.2. The third kappa shape index (κ3) is 4.85. The third-order valence-corrected chi connectivity index (χ3v) is 5.87. The standard InChI is InChI=1S/C14H20NO5PS/c1-5-19-21(16,20-6-2)12-11-15(4)22(17,18)14-9-7-13(3)8-10-14/h7-10H,5-6H2,1-4H3. The van der Waals surface area contributed by atoms with Gasteiger partial charge in [-0.15, -0.1) is 0 Å². The van der Waals surface area contributed by atoms with Crippen LogP contribution in [-0.4, -0.2) is 33.0 Å². The van der Waals surface area contributed by atoms with Crippen molar-refractivity contribution in [2.45, 2.75) is 25.7 Å². The molecule has 22 heavy (non-hydrogen) atoms. The smallest absolute Gasteiger partial charge is 0.300 e. The molecule has 0 bridgehead atoms. The average molecular weight is 345 g/mol. The molecule has 0 amide bonds. The molecule has 122 valence electrons. The van der Waals surface area contributed by atoms with Crippen LogP contribution in [0.5, 0.6) is 0 Å². The lowest BCUT2D eigenvalue weighted by atomic mass is 10.2. The molecule has 0 spiro atoms. The maximum absolute atomic E-state index is 12.3. The lowest BCUT2D eigenvalue weighted by molar-refractivity contribution is 0.230. The van der Waals surface area contributed by atoms with Crippen LogP contribution in [0.15, 0.2) is 29.2 Å². The van der Waals surface area contributed by atoms with Gasteiger partial charge in [-0.25, -0.2) is 17.3 Å². The highest BCUT2D eigenvalue weighted by Crippen LogP contribution is 2.46. The first-order valence-corrected chi connectivity index (χ1v) is 9.71. The van der Waals surface area contributed by atoms with Gasteiger partial charge in [0.05, 0.1) is 18.1 Å². The van der Waals surface area contributed by atoms with Gasteiger partial charge < -0.3 is 0 Å². The van der Waals surface area contributed by atoms with Gasteiger partial charge >= 0.3 is 7.60 Å². The Kier molecular flexibility index (Phi) is 6.64. The van der Waals surface area contributed by atoms with Crippen molar-refractivity contribution in [1.82, 2.24) is 4.31 Å². The zero-order chi connectivity index (χ0) is 16.8. The van der Waals surface area contributed by atoms with Crippen molar-refractivity contribution in [3.05, 3.63) is 29.8 Å². The Labute approximate surface area is 132 Å². The van der Waals surface area contributed by atoms with Crippen LogP contribution in [0, 0.1) is 18.6 Å². The lowest BCUT2D eigenvalue weighted by Crippen LogP contribution is -2.22. The van der Waals surface area contributed by atoms with E-state index in [0.29, 0.717) is 0 Å². The van der Waals surface area contributed by atoms with Crippen LogP contribution in [0.2, 0.25) is 0 Å². The third-order valence-electron chi connectivity index (χ3n) is 2.62. The summed E-state index contributed by atoms with van der Waals surface area (Å²) in [6.45, 7) is 5.47. The second kappa shape index (κ2) is 7.80. The molecule has 1 aromatic rings. The van der Waals surface area contributed by atoms with Crippen molar-refractivity contribution in [3.8, 4) is 11.7 Å². The number of hydrogen-bond donors (Lipinski definition) is 0. The van der Waals surface area contributed by atoms with E-state index >= 15 is 0 Å². The van der Waals surface area contributed by atoms with Crippen LogP contribution in [0.4, 0.5) is 0 Å². The summed E-state index contributed by atoms with van der Waals surface area (Å²) in [6, 6.07) is 8.70. The molecule has 6 nitrogen and oxygen atoms in total. The molecule has 0 radical (unpaired) electrons. The van der Waals surface area contributed by atoms with Gasteiger partial charge in [0.15, 0.2) is 0 Å². The summed E-state index contributed by atoms with van der Waals surface area (Å²) in [7, 11) is -6.11. The first kappa shape index (κ1) is 18.7. The minimum atomic E-state index is -3.78. The summed E-state index contributed by atoms with van der Waals surface area (Å²) in [5.74, 6) is 0. The predicted octanol–water partition coefficient (Wildman–Crippen LogP) is 2.80. The molecule has 0 saturated carbocycles. The van der Waals surface area contributed by atoms with E-state index in [9.17, 15) is 13.0 Å². The van der Waals surface area contributed by atoms with Crippen molar-refractivity contribution in [2.24, 2.45) is 0 Å². The van der Waals surface area contributed by atoms with E-state index in [4.69, 9.17) is 9.05 Å². The SMILES string of the molecule is CCOP(=O)(C#CN(C)S(=O)(=O)c1ccc(C)cc1)OCC. The summed E-state index contributed by atoms with van der Waals surface area (Å²) in [4.78, 5) is 0.109. The van der Waals surface area contributed by atoms with Gasteiger partial charge in [-0.1, -0.05) is 17.7 Å². The molecule has 0 atom stereocenters. The molecule has 0 aliphatic rings. The number of nitrogens with zero attached hydrogens (tertiary/aromatic N) is 1. The molecular formula is C14H20NO5PS. The molecular weight excluding hydrogens is 325 g/mol. The minimum Gasteiger partial charge on any atom is -0.300 e. The first-order valence-electron chi connectivity index (χ1n) is 6.73. The van der Waals surface area contributed by atoms with Crippen molar-refractivity contribution in [1.29, 1.82) is 0 Å². The number of rotatable bonds is 6. The molecule has 1 aromatic carbocycles. The van der Waals surface area contributed by atoms with Gasteiger partial charge in [-0.2, -0.15) is 0 Å². The van der Waals surface area contributed by atoms with E-state index in [1.54, 1.807) is 26.0 Å². The number of aryl methyl sites for hydroxylation is 1. The topological polar surface area (TPSA) is 72.9 Å². The second-order valence-electron chi connectivity index (χ2n) is 4.34. The maximum atomic E-state index is 12.3. The van der Waals surface area contributed by atoms with Crippen molar-refractivity contribution in [2.75, 3.05) is 20.3 Å². The Morgan fingerprint density at radius 3 is 2.09 bits per heavy atom. The van der Waals surface area contributed by atoms with Gasteiger partial charge in [0.2, 0.25) is 0 Å². The Morgan fingerprint density at radius 1 is 1.14 bits per heavy atom. The van der Waals surface area contributed by atoms with Crippen molar-refractivity contribution < 1.29 is 22.0 Å². The van der Waals surface area contributed by atoms with E-state index in [-0.39, 0.29) is 18.1 Å². The fraction of sp³-hybridized carbons (Fsp3) is 0.429. The Bertz CT molecular complexity index is 693. The van der Waals surface area contributed by atoms with E-state index in [1.807, 2.05) is 6.92 Å². The number of sulfonamides is 1. The fourth-order valence-electron chi connectivity index (χ4n) is 1.50. The monoisotopic (exact) mass is 345 g/mol. The fourth-order valence-corrected chi connectivity index (χ4v) is 3.69. The van der Waals surface area contributed by atoms with Gasteiger partial charge in [0, 0.05) is 18.8 Å². The quantitative estimate of drug-likeness (QED) is 0.450. The van der Waals surface area contributed by atoms with E-state index < -0.39 is 17.6 Å². The van der Waals surface area contributed by atoms with Crippen LogP contribution < -0.4 is 0 Å². The molecule has 0 N–H and O–H groups in total. The molecule has 0 saturated heterocycles. The van der Waals surface area contributed by atoms with Crippen LogP contribution in [0.3, 0.4) is 0 Å². The van der Waals surface area contributed by atoms with Crippen LogP contribution in [-0.2, 0) is 23.6 Å². The molecule has 8 heteroatoms. The highest BCUT2D eigenvalue weighted by Gasteiger charge is 2.22. The van der Waals surface area contributed by atoms with Crippen LogP contribution in [0.25, 0.3) is 0 Å². The highest BCUT2D eigenvalue weighted by atomic mass is 32.2. The normalized spacial score (nSPS) is 11.6. The van der Waals surface area contributed by atoms with Gasteiger partial charge in [-0.05, 0) is 32.9 Å². The number of benzene rings is 1. The second-order valence-corrected chi connectivity index (χ2v) is 8.05. The Morgan fingerprint density at radius 2 is 1.64 bits per heavy atom. The Balaban J connectivity index is 3.06. The zero-order valence-corrected chi connectivity index (χ0v) is 14.8. The molecule has 0 aliphatic heterocycles. The zero-order valence-electron chi connectivity index (χ0n) is 13.1. The van der Waals surface area contributed by atoms with Gasteiger partial charge in [-0.3, -0.25) is 9.05 Å². The van der Waals surface area contributed by atoms with Gasteiger partial charge in [0.25, 0.3) is 10.0 Å². The van der Waals surface area contributed by atoms with Crippen LogP contribution >= 0.6 is 7.60 Å². The number of hydrogen-bond acceptors (Lipinski definition) is 5. The predicted molar refractivity (Wildman–Crippen MR) is 84.8 cm³/mol. The van der Waals surface area contributed by atoms with Crippen LogP contribution in [0.1, 0.15) is 19.4 Å². The van der Waals surface area contributed by atoms with Gasteiger partial charge in [0.1, 0.15) is 0 Å². The van der Waals surface area contributed by atoms with Crippen molar-refractivity contribution in [3.63, 3.8) is 0 Å². The minimum absolute atomic E-state index is 0.109. The molecule has 0 aliphatic carbocycles. The molecule has 0 fully saturated rings. The summed E-state index contributed by atoms with van der Waals surface area (Å²) in [6.07, 6.45) is 0. The molecule has 0 heterocycles. The van der Waals surface area contributed by atoms with Crippen molar-refractivity contribution >= 4 is 17.6 Å². The molecule has 0 unspecified atom stereocenters. The molecule has 1 rings (SSSR count). The molecule has 0 aromatic heterocycles. The summed E-state index contributed by atoms with van der Waals surface area (Å²) < 4.78 is 47.6. The summed E-state index contributed by atoms with van der Waals surface area (Å²) in [5, 5.41) is 0. The summed E-state index contributed by atoms with van der Waals surface area (Å²) in [5.41, 5.74) is 3.24. The Hall–Kier alpha value is -1.32. The highest BCUT2D eigenvalue weighted by molar-refractivity contribution is 7.89. The van der Waals surface area contributed by atoms with E-state index in [2.05, 4.69) is 11.7 Å². The average Bonchev–Trinajstić information content (AvgIpc) is 2.46.